The molecule has 5 heteroatoms. The van der Waals surface area contributed by atoms with Crippen molar-refractivity contribution in [1.29, 1.82) is 0 Å². The highest BCUT2D eigenvalue weighted by atomic mass is 32.1. The van der Waals surface area contributed by atoms with E-state index in [1.54, 1.807) is 11.3 Å². The van der Waals surface area contributed by atoms with E-state index in [1.807, 2.05) is 6.20 Å². The predicted octanol–water partition coefficient (Wildman–Crippen LogP) is 2.11. The minimum atomic E-state index is 0.493. The van der Waals surface area contributed by atoms with Crippen LogP contribution >= 0.6 is 11.3 Å². The number of rotatable bonds is 6. The second-order valence-corrected chi connectivity index (χ2v) is 6.36. The summed E-state index contributed by atoms with van der Waals surface area (Å²) < 4.78 is 5.42. The lowest BCUT2D eigenvalue weighted by molar-refractivity contribution is 0.193. The third-order valence-electron chi connectivity index (χ3n) is 3.15. The van der Waals surface area contributed by atoms with Crippen LogP contribution in [-0.4, -0.2) is 37.8 Å². The Morgan fingerprint density at radius 2 is 2.44 bits per heavy atom. The molecule has 1 aliphatic rings. The first-order chi connectivity index (χ1) is 8.66. The van der Waals surface area contributed by atoms with Crippen LogP contribution < -0.4 is 10.2 Å². The zero-order valence-electron chi connectivity index (χ0n) is 11.5. The van der Waals surface area contributed by atoms with Crippen LogP contribution in [0, 0.1) is 5.92 Å². The summed E-state index contributed by atoms with van der Waals surface area (Å²) in [5, 5.41) is 4.55. The lowest BCUT2D eigenvalue weighted by Crippen LogP contribution is -2.31. The summed E-state index contributed by atoms with van der Waals surface area (Å²) in [6, 6.07) is 0.493. The van der Waals surface area contributed by atoms with Gasteiger partial charge in [-0.1, -0.05) is 13.8 Å². The van der Waals surface area contributed by atoms with E-state index in [1.165, 1.54) is 4.88 Å². The van der Waals surface area contributed by atoms with Gasteiger partial charge in [0.15, 0.2) is 5.13 Å². The Bertz CT molecular complexity index is 361. The summed E-state index contributed by atoms with van der Waals surface area (Å²) in [5.41, 5.74) is 0. The monoisotopic (exact) mass is 269 g/mol. The molecule has 1 aromatic heterocycles. The van der Waals surface area contributed by atoms with Gasteiger partial charge in [-0.2, -0.15) is 0 Å². The molecule has 1 N–H and O–H groups in total. The second-order valence-electron chi connectivity index (χ2n) is 5.26. The highest BCUT2D eigenvalue weighted by molar-refractivity contribution is 7.15. The molecular weight excluding hydrogens is 246 g/mol. The van der Waals surface area contributed by atoms with Crippen LogP contribution in [0.1, 0.15) is 25.1 Å². The van der Waals surface area contributed by atoms with Crippen LogP contribution in [-0.2, 0) is 11.3 Å². The van der Waals surface area contributed by atoms with Gasteiger partial charge in [-0.15, -0.1) is 11.3 Å². The number of ether oxygens (including phenoxy) is 1. The van der Waals surface area contributed by atoms with E-state index in [0.717, 1.165) is 37.9 Å². The van der Waals surface area contributed by atoms with E-state index in [0.29, 0.717) is 12.0 Å². The molecule has 1 saturated heterocycles. The predicted molar refractivity (Wildman–Crippen MR) is 76.3 cm³/mol. The fourth-order valence-electron chi connectivity index (χ4n) is 2.01. The molecule has 0 spiro atoms. The standard InChI is InChI=1S/C13H23N3OS/c1-10(2)6-14-7-12-8-15-13(18-12)16(3)11-4-5-17-9-11/h8,10-11,14H,4-7,9H2,1-3H3. The number of aromatic nitrogens is 1. The molecule has 2 heterocycles. The molecule has 102 valence electrons. The Morgan fingerprint density at radius 3 is 3.11 bits per heavy atom. The average Bonchev–Trinajstić information content (AvgIpc) is 2.99. The van der Waals surface area contributed by atoms with Gasteiger partial charge in [0.25, 0.3) is 0 Å². The first-order valence-corrected chi connectivity index (χ1v) is 7.44. The van der Waals surface area contributed by atoms with E-state index in [4.69, 9.17) is 4.74 Å². The maximum atomic E-state index is 5.42. The number of nitrogens with zero attached hydrogens (tertiary/aromatic N) is 2. The quantitative estimate of drug-likeness (QED) is 0.858. The number of nitrogens with one attached hydrogen (secondary N) is 1. The maximum absolute atomic E-state index is 5.42. The number of hydrogen-bond acceptors (Lipinski definition) is 5. The highest BCUT2D eigenvalue weighted by Crippen LogP contribution is 2.25. The molecule has 18 heavy (non-hydrogen) atoms. The summed E-state index contributed by atoms with van der Waals surface area (Å²) in [5.74, 6) is 0.690. The van der Waals surface area contributed by atoms with Gasteiger partial charge in [0.2, 0.25) is 0 Å². The lowest BCUT2D eigenvalue weighted by atomic mass is 10.2. The highest BCUT2D eigenvalue weighted by Gasteiger charge is 2.22. The van der Waals surface area contributed by atoms with Crippen molar-refractivity contribution in [3.05, 3.63) is 11.1 Å². The Hall–Kier alpha value is -0.650. The summed E-state index contributed by atoms with van der Waals surface area (Å²) in [6.45, 7) is 8.13. The number of hydrogen-bond donors (Lipinski definition) is 1. The first kappa shape index (κ1) is 13.8. The summed E-state index contributed by atoms with van der Waals surface area (Å²) in [7, 11) is 2.11. The molecule has 0 aliphatic carbocycles. The number of likely N-dealkylation sites (N-methyl/N-ethyl adjacent to an activating group) is 1. The van der Waals surface area contributed by atoms with Gasteiger partial charge in [0.05, 0.1) is 12.6 Å². The van der Waals surface area contributed by atoms with Gasteiger partial charge >= 0.3 is 0 Å². The first-order valence-electron chi connectivity index (χ1n) is 6.63. The number of anilines is 1. The van der Waals surface area contributed by atoms with Crippen molar-refractivity contribution in [2.24, 2.45) is 5.92 Å². The van der Waals surface area contributed by atoms with Crippen molar-refractivity contribution in [3.63, 3.8) is 0 Å². The van der Waals surface area contributed by atoms with Gasteiger partial charge in [0, 0.05) is 31.3 Å². The molecule has 1 aliphatic heterocycles. The van der Waals surface area contributed by atoms with Crippen molar-refractivity contribution in [3.8, 4) is 0 Å². The molecule has 0 amide bonds. The van der Waals surface area contributed by atoms with E-state index in [2.05, 4.69) is 36.1 Å². The van der Waals surface area contributed by atoms with Gasteiger partial charge in [0.1, 0.15) is 0 Å². The van der Waals surface area contributed by atoms with Gasteiger partial charge in [-0.3, -0.25) is 0 Å². The molecule has 4 nitrogen and oxygen atoms in total. The van der Waals surface area contributed by atoms with Crippen LogP contribution in [0.15, 0.2) is 6.20 Å². The van der Waals surface area contributed by atoms with Crippen LogP contribution in [0.25, 0.3) is 0 Å². The van der Waals surface area contributed by atoms with Crippen LogP contribution in [0.3, 0.4) is 0 Å². The Kier molecular flexibility index (Phi) is 4.97. The van der Waals surface area contributed by atoms with E-state index in [-0.39, 0.29) is 0 Å². The largest absolute Gasteiger partial charge is 0.379 e. The lowest BCUT2D eigenvalue weighted by Gasteiger charge is -2.21. The van der Waals surface area contributed by atoms with E-state index >= 15 is 0 Å². The molecule has 1 fully saturated rings. The molecule has 0 bridgehead atoms. The van der Waals surface area contributed by atoms with Crippen LogP contribution in [0.5, 0.6) is 0 Å². The smallest absolute Gasteiger partial charge is 0.185 e. The normalized spacial score (nSPS) is 19.7. The molecule has 0 saturated carbocycles. The summed E-state index contributed by atoms with van der Waals surface area (Å²) in [6.07, 6.45) is 3.09. The average molecular weight is 269 g/mol. The molecule has 0 aromatic carbocycles. The second kappa shape index (κ2) is 6.50. The van der Waals surface area contributed by atoms with Crippen molar-refractivity contribution >= 4 is 16.5 Å². The zero-order chi connectivity index (χ0) is 13.0. The van der Waals surface area contributed by atoms with Crippen molar-refractivity contribution in [2.75, 3.05) is 31.7 Å². The topological polar surface area (TPSA) is 37.4 Å². The Morgan fingerprint density at radius 1 is 1.61 bits per heavy atom. The molecule has 2 rings (SSSR count). The van der Waals surface area contributed by atoms with Crippen LogP contribution in [0.4, 0.5) is 5.13 Å². The minimum absolute atomic E-state index is 0.493. The third-order valence-corrected chi connectivity index (χ3v) is 4.24. The van der Waals surface area contributed by atoms with Gasteiger partial charge in [-0.25, -0.2) is 4.98 Å². The Labute approximate surface area is 113 Å². The van der Waals surface area contributed by atoms with Crippen LogP contribution in [0.2, 0.25) is 0 Å². The summed E-state index contributed by atoms with van der Waals surface area (Å²) in [4.78, 5) is 8.06. The summed E-state index contributed by atoms with van der Waals surface area (Å²) >= 11 is 1.78. The third kappa shape index (κ3) is 3.67. The molecular formula is C13H23N3OS. The fraction of sp³-hybridized carbons (Fsp3) is 0.769. The number of thiazole rings is 1. The fourth-order valence-corrected chi connectivity index (χ4v) is 2.92. The van der Waals surface area contributed by atoms with Crippen molar-refractivity contribution in [2.45, 2.75) is 32.9 Å². The molecule has 1 atom stereocenters. The minimum Gasteiger partial charge on any atom is -0.379 e. The molecule has 0 radical (unpaired) electrons. The van der Waals surface area contributed by atoms with Crippen molar-refractivity contribution < 1.29 is 4.74 Å². The van der Waals surface area contributed by atoms with Crippen molar-refractivity contribution in [1.82, 2.24) is 10.3 Å². The van der Waals surface area contributed by atoms with Gasteiger partial charge < -0.3 is 15.0 Å². The zero-order valence-corrected chi connectivity index (χ0v) is 12.3. The molecule has 1 aromatic rings. The van der Waals surface area contributed by atoms with Gasteiger partial charge in [-0.05, 0) is 18.9 Å². The molecule has 1 unspecified atom stereocenters. The maximum Gasteiger partial charge on any atom is 0.185 e. The van der Waals surface area contributed by atoms with E-state index in [9.17, 15) is 0 Å². The van der Waals surface area contributed by atoms with E-state index < -0.39 is 0 Å². The Balaban J connectivity index is 1.85. The SMILES string of the molecule is CC(C)CNCc1cnc(N(C)C2CCOC2)s1.